The number of anilines is 1. The average Bonchev–Trinajstić information content (AvgIpc) is 2.63. The van der Waals surface area contributed by atoms with Crippen LogP contribution in [0.2, 0.25) is 10.0 Å². The van der Waals surface area contributed by atoms with Crippen molar-refractivity contribution in [3.63, 3.8) is 0 Å². The van der Waals surface area contributed by atoms with Gasteiger partial charge in [-0.05, 0) is 49.7 Å². The van der Waals surface area contributed by atoms with Crippen molar-refractivity contribution >= 4 is 54.7 Å². The molecule has 0 aliphatic heterocycles. The molecule has 0 saturated carbocycles. The third kappa shape index (κ3) is 5.87. The highest BCUT2D eigenvalue weighted by Crippen LogP contribution is 2.30. The number of carbonyl (C=O) groups excluding carboxylic acids is 1. The van der Waals surface area contributed by atoms with Crippen LogP contribution in [0.5, 0.6) is 0 Å². The minimum Gasteiger partial charge on any atom is -0.348 e. The van der Waals surface area contributed by atoms with E-state index in [1.807, 2.05) is 0 Å². The van der Waals surface area contributed by atoms with Gasteiger partial charge >= 0.3 is 0 Å². The molecule has 0 aromatic heterocycles. The second kappa shape index (κ2) is 9.13. The summed E-state index contributed by atoms with van der Waals surface area (Å²) in [6.07, 6.45) is 2.10. The molecule has 0 spiro atoms. The molecule has 2 aromatic carbocycles. The largest absolute Gasteiger partial charge is 0.348 e. The number of halogens is 2. The fraction of sp³-hybridized carbons (Fsp3) is 0.316. The van der Waals surface area contributed by atoms with Crippen LogP contribution < -0.4 is 9.62 Å². The summed E-state index contributed by atoms with van der Waals surface area (Å²) in [5.41, 5.74) is 0.878. The van der Waals surface area contributed by atoms with Crippen LogP contribution >= 0.6 is 23.2 Å². The first-order chi connectivity index (χ1) is 13.7. The Morgan fingerprint density at radius 1 is 0.933 bits per heavy atom. The van der Waals surface area contributed by atoms with Crippen molar-refractivity contribution < 1.29 is 21.6 Å². The summed E-state index contributed by atoms with van der Waals surface area (Å²) in [4.78, 5) is 13.0. The number of nitrogens with zero attached hydrogens (tertiary/aromatic N) is 1. The third-order valence-electron chi connectivity index (χ3n) is 4.41. The van der Waals surface area contributed by atoms with Crippen LogP contribution in [-0.4, -0.2) is 41.3 Å². The fourth-order valence-electron chi connectivity index (χ4n) is 2.85. The van der Waals surface area contributed by atoms with Crippen molar-refractivity contribution in [2.24, 2.45) is 0 Å². The van der Waals surface area contributed by atoms with Crippen LogP contribution in [0.15, 0.2) is 47.4 Å². The molecule has 11 heteroatoms. The smallest absolute Gasteiger partial charge is 0.244 e. The maximum Gasteiger partial charge on any atom is 0.244 e. The molecule has 0 heterocycles. The molecule has 7 nitrogen and oxygen atoms in total. The van der Waals surface area contributed by atoms with Crippen molar-refractivity contribution in [2.45, 2.75) is 30.8 Å². The zero-order valence-corrected chi connectivity index (χ0v) is 19.9. The van der Waals surface area contributed by atoms with Gasteiger partial charge in [0, 0.05) is 6.26 Å². The maximum absolute atomic E-state index is 12.8. The van der Waals surface area contributed by atoms with E-state index in [-0.39, 0.29) is 20.6 Å². The van der Waals surface area contributed by atoms with Crippen LogP contribution in [0.25, 0.3) is 0 Å². The zero-order chi connectivity index (χ0) is 22.9. The first-order valence-electron chi connectivity index (χ1n) is 8.76. The predicted octanol–water partition coefficient (Wildman–Crippen LogP) is 3.43. The molecule has 0 fully saturated rings. The molecule has 0 aliphatic rings. The second-order valence-electron chi connectivity index (χ2n) is 6.90. The second-order valence-corrected chi connectivity index (χ2v) is 11.6. The lowest BCUT2D eigenvalue weighted by molar-refractivity contribution is -0.122. The van der Waals surface area contributed by atoms with Crippen LogP contribution in [0.1, 0.15) is 25.5 Å². The molecule has 0 aliphatic carbocycles. The number of rotatable bonds is 7. The van der Waals surface area contributed by atoms with E-state index < -0.39 is 37.9 Å². The number of sulfonamides is 1. The molecule has 2 aromatic rings. The normalized spacial score (nSPS) is 14.1. The monoisotopic (exact) mass is 492 g/mol. The molecular formula is C19H22Cl2N2O5S2. The molecule has 0 radical (unpaired) electrons. The molecule has 1 amide bonds. The zero-order valence-electron chi connectivity index (χ0n) is 16.8. The Hall–Kier alpha value is -1.81. The van der Waals surface area contributed by atoms with E-state index in [1.54, 1.807) is 19.1 Å². The van der Waals surface area contributed by atoms with Crippen molar-refractivity contribution in [2.75, 3.05) is 16.8 Å². The molecule has 0 bridgehead atoms. The van der Waals surface area contributed by atoms with Crippen molar-refractivity contribution in [1.82, 2.24) is 5.32 Å². The van der Waals surface area contributed by atoms with Crippen LogP contribution in [0.4, 0.5) is 5.69 Å². The Bertz CT molecular complexity index is 1150. The molecule has 0 unspecified atom stereocenters. The number of hydrogen-bond donors (Lipinski definition) is 1. The number of hydrogen-bond acceptors (Lipinski definition) is 5. The van der Waals surface area contributed by atoms with Gasteiger partial charge in [-0.3, -0.25) is 9.10 Å². The minimum absolute atomic E-state index is 0.162. The molecule has 0 saturated heterocycles. The summed E-state index contributed by atoms with van der Waals surface area (Å²) >= 11 is 11.9. The Kier molecular flexibility index (Phi) is 7.45. The summed E-state index contributed by atoms with van der Waals surface area (Å²) in [6, 6.07) is 8.84. The quantitative estimate of drug-likeness (QED) is 0.637. The molecule has 1 N–H and O–H groups in total. The van der Waals surface area contributed by atoms with E-state index in [0.29, 0.717) is 5.56 Å². The van der Waals surface area contributed by atoms with Crippen LogP contribution in [0, 0.1) is 0 Å². The van der Waals surface area contributed by atoms with E-state index in [0.717, 1.165) is 16.8 Å². The van der Waals surface area contributed by atoms with Crippen molar-refractivity contribution in [3.05, 3.63) is 58.1 Å². The standard InChI is InChI=1S/C19H22Cl2N2O5S2/c1-12(14-5-8-16(9-6-14)29(3,25)26)22-19(24)13(2)23(30(4,27)28)15-7-10-17(20)18(21)11-15/h5-13H,1-4H3,(H,22,24)/t12-,13-/m0/s1. The Balaban J connectivity index is 2.25. The van der Waals surface area contributed by atoms with Crippen LogP contribution in [-0.2, 0) is 24.7 Å². The SMILES string of the molecule is C[C@H](NC(=O)[C@H](C)N(c1ccc(Cl)c(Cl)c1)S(C)(=O)=O)c1ccc(S(C)(=O)=O)cc1. The van der Waals surface area contributed by atoms with E-state index in [4.69, 9.17) is 23.2 Å². The molecular weight excluding hydrogens is 471 g/mol. The van der Waals surface area contributed by atoms with Crippen LogP contribution in [0.3, 0.4) is 0 Å². The number of nitrogens with one attached hydrogen (secondary N) is 1. The highest BCUT2D eigenvalue weighted by Gasteiger charge is 2.30. The number of benzene rings is 2. The summed E-state index contributed by atoms with van der Waals surface area (Å²) in [5.74, 6) is -0.536. The van der Waals surface area contributed by atoms with Gasteiger partial charge in [-0.1, -0.05) is 35.3 Å². The van der Waals surface area contributed by atoms with Crippen molar-refractivity contribution in [1.29, 1.82) is 0 Å². The first-order valence-corrected chi connectivity index (χ1v) is 13.3. The highest BCUT2D eigenvalue weighted by molar-refractivity contribution is 7.92. The van der Waals surface area contributed by atoms with Gasteiger partial charge in [-0.2, -0.15) is 0 Å². The molecule has 2 atom stereocenters. The van der Waals surface area contributed by atoms with Gasteiger partial charge in [0.2, 0.25) is 15.9 Å². The molecule has 30 heavy (non-hydrogen) atoms. The van der Waals surface area contributed by atoms with Gasteiger partial charge in [0.05, 0.1) is 32.9 Å². The van der Waals surface area contributed by atoms with E-state index in [1.165, 1.54) is 37.3 Å². The van der Waals surface area contributed by atoms with Gasteiger partial charge in [-0.25, -0.2) is 16.8 Å². The number of carbonyl (C=O) groups is 1. The van der Waals surface area contributed by atoms with E-state index in [9.17, 15) is 21.6 Å². The van der Waals surface area contributed by atoms with Gasteiger partial charge < -0.3 is 5.32 Å². The van der Waals surface area contributed by atoms with E-state index >= 15 is 0 Å². The van der Waals surface area contributed by atoms with Gasteiger partial charge in [0.25, 0.3) is 0 Å². The van der Waals surface area contributed by atoms with Crippen molar-refractivity contribution in [3.8, 4) is 0 Å². The lowest BCUT2D eigenvalue weighted by Crippen LogP contribution is -2.48. The maximum atomic E-state index is 12.8. The number of amides is 1. The lowest BCUT2D eigenvalue weighted by Gasteiger charge is -2.29. The van der Waals surface area contributed by atoms with E-state index in [2.05, 4.69) is 5.32 Å². The summed E-state index contributed by atoms with van der Waals surface area (Å²) < 4.78 is 48.9. The Morgan fingerprint density at radius 3 is 1.97 bits per heavy atom. The summed E-state index contributed by atoms with van der Waals surface area (Å²) in [5, 5.41) is 3.17. The first kappa shape index (κ1) is 24.5. The topological polar surface area (TPSA) is 101 Å². The van der Waals surface area contributed by atoms with Gasteiger partial charge in [-0.15, -0.1) is 0 Å². The fourth-order valence-corrected chi connectivity index (χ4v) is 4.94. The summed E-state index contributed by atoms with van der Waals surface area (Å²) in [6.45, 7) is 3.17. The van der Waals surface area contributed by atoms with Gasteiger partial charge in [0.15, 0.2) is 9.84 Å². The predicted molar refractivity (Wildman–Crippen MR) is 119 cm³/mol. The summed E-state index contributed by atoms with van der Waals surface area (Å²) in [7, 11) is -7.14. The van der Waals surface area contributed by atoms with Gasteiger partial charge in [0.1, 0.15) is 6.04 Å². The third-order valence-corrected chi connectivity index (χ3v) is 7.52. The Morgan fingerprint density at radius 2 is 1.50 bits per heavy atom. The minimum atomic E-state index is -3.81. The Labute approximate surface area is 187 Å². The molecule has 2 rings (SSSR count). The average molecular weight is 493 g/mol. The molecule has 164 valence electrons. The highest BCUT2D eigenvalue weighted by atomic mass is 35.5. The number of sulfone groups is 1. The lowest BCUT2D eigenvalue weighted by atomic mass is 10.1.